The summed E-state index contributed by atoms with van der Waals surface area (Å²) in [5.74, 6) is -0.660. The molecule has 0 atom stereocenters. The summed E-state index contributed by atoms with van der Waals surface area (Å²) < 4.78 is 5.48. The van der Waals surface area contributed by atoms with Crippen molar-refractivity contribution in [1.82, 2.24) is 0 Å². The number of hydrogen-bond donors (Lipinski definition) is 1. The average molecular weight is 296 g/mol. The number of carboxylic acids is 1. The van der Waals surface area contributed by atoms with Crippen LogP contribution in [0.15, 0.2) is 18.2 Å². The molecule has 0 amide bonds. The quantitative estimate of drug-likeness (QED) is 0.585. The highest BCUT2D eigenvalue weighted by molar-refractivity contribution is 5.70. The first kappa shape index (κ1) is 16.7. The zero-order valence-corrected chi connectivity index (χ0v) is 12.4. The number of anilines is 1. The number of benzene rings is 1. The molecule has 1 rings (SSSR count). The molecule has 7 nitrogen and oxygen atoms in total. The van der Waals surface area contributed by atoms with E-state index in [0.29, 0.717) is 18.7 Å². The minimum atomic E-state index is -0.880. The van der Waals surface area contributed by atoms with Crippen molar-refractivity contribution in [2.75, 3.05) is 18.5 Å². The Morgan fingerprint density at radius 2 is 2.14 bits per heavy atom. The first-order valence-electron chi connectivity index (χ1n) is 6.70. The van der Waals surface area contributed by atoms with E-state index in [2.05, 4.69) is 0 Å². The molecule has 0 heterocycles. The molecule has 0 bridgehead atoms. The third-order valence-corrected chi connectivity index (χ3v) is 2.82. The van der Waals surface area contributed by atoms with Gasteiger partial charge in [-0.1, -0.05) is 6.07 Å². The molecule has 0 fully saturated rings. The topological polar surface area (TPSA) is 92.9 Å². The van der Waals surface area contributed by atoms with Gasteiger partial charge in [-0.3, -0.25) is 14.9 Å². The molecule has 0 saturated heterocycles. The second-order valence-corrected chi connectivity index (χ2v) is 4.97. The number of ether oxygens (including phenoxy) is 1. The molecular formula is C14H20N2O5. The molecule has 21 heavy (non-hydrogen) atoms. The number of nitro benzene ring substituents is 1. The molecule has 0 aliphatic rings. The molecule has 0 aliphatic heterocycles. The molecule has 0 aromatic heterocycles. The number of carboxylic acid groups (broad SMARTS) is 1. The predicted molar refractivity (Wildman–Crippen MR) is 79.0 cm³/mol. The van der Waals surface area contributed by atoms with Gasteiger partial charge in [-0.2, -0.15) is 0 Å². The molecule has 116 valence electrons. The highest BCUT2D eigenvalue weighted by Crippen LogP contribution is 2.37. The number of hydrogen-bond acceptors (Lipinski definition) is 5. The normalized spacial score (nSPS) is 10.5. The molecule has 0 saturated carbocycles. The third kappa shape index (κ3) is 4.94. The van der Waals surface area contributed by atoms with Crippen molar-refractivity contribution in [2.24, 2.45) is 0 Å². The zero-order chi connectivity index (χ0) is 16.0. The number of rotatable bonds is 8. The molecule has 1 N–H and O–H groups in total. The summed E-state index contributed by atoms with van der Waals surface area (Å²) in [5.41, 5.74) is 0.326. The van der Waals surface area contributed by atoms with Gasteiger partial charge in [-0.25, -0.2) is 0 Å². The lowest BCUT2D eigenvalue weighted by atomic mass is 10.2. The van der Waals surface area contributed by atoms with Gasteiger partial charge in [0, 0.05) is 20.0 Å². The molecule has 0 unspecified atom stereocenters. The van der Waals surface area contributed by atoms with Crippen LogP contribution in [-0.2, 0) is 4.79 Å². The Labute approximate surface area is 123 Å². The highest BCUT2D eigenvalue weighted by Gasteiger charge is 2.24. The maximum Gasteiger partial charge on any atom is 0.333 e. The number of carbonyl (C=O) groups is 1. The number of nitro groups is 1. The van der Waals surface area contributed by atoms with Crippen molar-refractivity contribution < 1.29 is 19.6 Å². The van der Waals surface area contributed by atoms with E-state index in [9.17, 15) is 14.9 Å². The first-order chi connectivity index (χ1) is 9.82. The van der Waals surface area contributed by atoms with E-state index in [4.69, 9.17) is 9.84 Å². The summed E-state index contributed by atoms with van der Waals surface area (Å²) in [6.45, 7) is 4.01. The largest absolute Gasteiger partial charge is 0.484 e. The van der Waals surface area contributed by atoms with Crippen molar-refractivity contribution >= 4 is 17.3 Å². The van der Waals surface area contributed by atoms with E-state index in [-0.39, 0.29) is 24.0 Å². The molecular weight excluding hydrogens is 276 g/mol. The lowest BCUT2D eigenvalue weighted by molar-refractivity contribution is -0.385. The second kappa shape index (κ2) is 7.47. The summed E-state index contributed by atoms with van der Waals surface area (Å²) >= 11 is 0. The zero-order valence-electron chi connectivity index (χ0n) is 12.4. The van der Waals surface area contributed by atoms with Gasteiger partial charge in [0.2, 0.25) is 0 Å². The summed E-state index contributed by atoms with van der Waals surface area (Å²) in [5, 5.41) is 20.0. The Balaban J connectivity index is 2.99. The minimum Gasteiger partial charge on any atom is -0.484 e. The van der Waals surface area contributed by atoms with E-state index in [0.717, 1.165) is 0 Å². The Hall–Kier alpha value is -2.31. The van der Waals surface area contributed by atoms with Crippen LogP contribution in [0.1, 0.15) is 26.7 Å². The van der Waals surface area contributed by atoms with Crippen molar-refractivity contribution in [3.63, 3.8) is 0 Å². The summed E-state index contributed by atoms with van der Waals surface area (Å²) in [4.78, 5) is 23.0. The van der Waals surface area contributed by atoms with Gasteiger partial charge in [0.25, 0.3) is 0 Å². The Morgan fingerprint density at radius 1 is 1.48 bits per heavy atom. The van der Waals surface area contributed by atoms with Gasteiger partial charge in [0.15, 0.2) is 5.75 Å². The van der Waals surface area contributed by atoms with Crippen LogP contribution in [0.2, 0.25) is 0 Å². The molecule has 0 spiro atoms. The number of nitrogens with zero attached hydrogens (tertiary/aromatic N) is 2. The van der Waals surface area contributed by atoms with Crippen LogP contribution in [0.25, 0.3) is 0 Å². The fraction of sp³-hybridized carbons (Fsp3) is 0.500. The Bertz CT molecular complexity index is 516. The van der Waals surface area contributed by atoms with Crippen LogP contribution >= 0.6 is 0 Å². The number of aliphatic carboxylic acids is 1. The molecule has 1 aromatic carbocycles. The fourth-order valence-corrected chi connectivity index (χ4v) is 1.94. The van der Waals surface area contributed by atoms with Gasteiger partial charge in [-0.15, -0.1) is 0 Å². The van der Waals surface area contributed by atoms with Gasteiger partial charge >= 0.3 is 11.7 Å². The Kier molecular flexibility index (Phi) is 5.95. The fourth-order valence-electron chi connectivity index (χ4n) is 1.94. The highest BCUT2D eigenvalue weighted by atomic mass is 16.6. The van der Waals surface area contributed by atoms with Gasteiger partial charge < -0.3 is 14.7 Å². The van der Waals surface area contributed by atoms with E-state index < -0.39 is 10.9 Å². The maximum atomic E-state index is 11.3. The van der Waals surface area contributed by atoms with Crippen molar-refractivity contribution in [3.05, 3.63) is 28.3 Å². The molecule has 0 aliphatic carbocycles. The average Bonchev–Trinajstić information content (AvgIpc) is 2.36. The molecule has 1 aromatic rings. The third-order valence-electron chi connectivity index (χ3n) is 2.82. The van der Waals surface area contributed by atoms with E-state index >= 15 is 0 Å². The standard InChI is InChI=1S/C14H20N2O5/c1-10(2)21-12-7-4-6-11(14(12)16(19)20)15(3)9-5-8-13(17)18/h4,6-7,10H,5,8-9H2,1-3H3,(H,17,18). The lowest BCUT2D eigenvalue weighted by Gasteiger charge is -2.20. The predicted octanol–water partition coefficient (Wildman–Crippen LogP) is 2.68. The summed E-state index contributed by atoms with van der Waals surface area (Å²) in [6, 6.07) is 4.88. The summed E-state index contributed by atoms with van der Waals surface area (Å²) in [7, 11) is 1.70. The van der Waals surface area contributed by atoms with Gasteiger partial charge in [0.1, 0.15) is 5.69 Å². The maximum absolute atomic E-state index is 11.3. The van der Waals surface area contributed by atoms with Crippen LogP contribution in [0.3, 0.4) is 0 Å². The van der Waals surface area contributed by atoms with Crippen molar-refractivity contribution in [1.29, 1.82) is 0 Å². The van der Waals surface area contributed by atoms with Crippen LogP contribution < -0.4 is 9.64 Å². The lowest BCUT2D eigenvalue weighted by Crippen LogP contribution is -2.21. The van der Waals surface area contributed by atoms with Crippen LogP contribution in [0, 0.1) is 10.1 Å². The second-order valence-electron chi connectivity index (χ2n) is 4.97. The van der Waals surface area contributed by atoms with E-state index in [1.54, 1.807) is 44.0 Å². The number of para-hydroxylation sites is 1. The Morgan fingerprint density at radius 3 is 2.67 bits per heavy atom. The monoisotopic (exact) mass is 296 g/mol. The van der Waals surface area contributed by atoms with E-state index in [1.807, 2.05) is 0 Å². The van der Waals surface area contributed by atoms with Crippen LogP contribution in [0.5, 0.6) is 5.75 Å². The van der Waals surface area contributed by atoms with Crippen molar-refractivity contribution in [3.8, 4) is 5.75 Å². The first-order valence-corrected chi connectivity index (χ1v) is 6.70. The van der Waals surface area contributed by atoms with Gasteiger partial charge in [0.05, 0.1) is 11.0 Å². The molecule has 0 radical (unpaired) electrons. The summed E-state index contributed by atoms with van der Waals surface area (Å²) in [6.07, 6.45) is 0.273. The molecule has 7 heteroatoms. The van der Waals surface area contributed by atoms with Crippen LogP contribution in [-0.4, -0.2) is 35.7 Å². The van der Waals surface area contributed by atoms with Gasteiger partial charge in [-0.05, 0) is 32.4 Å². The van der Waals surface area contributed by atoms with E-state index in [1.165, 1.54) is 0 Å². The SMILES string of the molecule is CC(C)Oc1cccc(N(C)CCCC(=O)O)c1[N+](=O)[O-]. The minimum absolute atomic E-state index is 0.0281. The van der Waals surface area contributed by atoms with Crippen LogP contribution in [0.4, 0.5) is 11.4 Å². The smallest absolute Gasteiger partial charge is 0.333 e. The van der Waals surface area contributed by atoms with Crippen molar-refractivity contribution in [2.45, 2.75) is 32.8 Å².